The van der Waals surface area contributed by atoms with Crippen LogP contribution in [-0.4, -0.2) is 24.8 Å². The molecule has 2 rings (SSSR count). The normalized spacial score (nSPS) is 14.8. The zero-order chi connectivity index (χ0) is 14.8. The molecule has 20 heavy (non-hydrogen) atoms. The minimum atomic E-state index is -4.65. The quantitative estimate of drug-likeness (QED) is 0.844. The summed E-state index contributed by atoms with van der Waals surface area (Å²) in [4.78, 5) is 21.9. The van der Waals surface area contributed by atoms with Gasteiger partial charge in [0.15, 0.2) is 6.61 Å². The number of halogens is 3. The van der Waals surface area contributed by atoms with Crippen molar-refractivity contribution in [1.82, 2.24) is 5.32 Å². The number of hydrogen-bond acceptors (Lipinski definition) is 3. The molecule has 7 heteroatoms. The maximum absolute atomic E-state index is 12.8. The molecule has 1 saturated carbocycles. The van der Waals surface area contributed by atoms with Crippen LogP contribution in [0, 0.1) is 0 Å². The van der Waals surface area contributed by atoms with Gasteiger partial charge >= 0.3 is 6.18 Å². The highest BCUT2D eigenvalue weighted by Crippen LogP contribution is 2.36. The van der Waals surface area contributed by atoms with Crippen LogP contribution in [0.3, 0.4) is 0 Å². The third-order valence-electron chi connectivity index (χ3n) is 2.75. The van der Waals surface area contributed by atoms with Crippen molar-refractivity contribution in [2.24, 2.45) is 0 Å². The van der Waals surface area contributed by atoms with E-state index in [9.17, 15) is 22.8 Å². The number of carbonyl (C=O) groups excluding carboxylic acids is 2. The Morgan fingerprint density at radius 2 is 2.10 bits per heavy atom. The van der Waals surface area contributed by atoms with Crippen molar-refractivity contribution in [3.63, 3.8) is 0 Å². The van der Waals surface area contributed by atoms with E-state index in [1.807, 2.05) is 0 Å². The molecule has 0 spiro atoms. The van der Waals surface area contributed by atoms with Crippen molar-refractivity contribution in [3.8, 4) is 5.75 Å². The molecular weight excluding hydrogens is 275 g/mol. The molecule has 0 radical (unpaired) electrons. The van der Waals surface area contributed by atoms with Crippen molar-refractivity contribution >= 4 is 12.2 Å². The summed E-state index contributed by atoms with van der Waals surface area (Å²) in [6.45, 7) is -0.486. The number of nitrogens with one attached hydrogen (secondary N) is 1. The molecule has 0 aromatic heterocycles. The summed E-state index contributed by atoms with van der Waals surface area (Å²) in [5.41, 5.74) is -1.17. The van der Waals surface area contributed by atoms with Gasteiger partial charge < -0.3 is 10.1 Å². The third-order valence-corrected chi connectivity index (χ3v) is 2.75. The van der Waals surface area contributed by atoms with Crippen LogP contribution in [0.5, 0.6) is 5.75 Å². The molecule has 1 N–H and O–H groups in total. The molecule has 0 bridgehead atoms. The summed E-state index contributed by atoms with van der Waals surface area (Å²) in [5, 5.41) is 2.60. The number of carbonyl (C=O) groups is 2. The van der Waals surface area contributed by atoms with Gasteiger partial charge in [-0.3, -0.25) is 9.59 Å². The van der Waals surface area contributed by atoms with E-state index in [0.717, 1.165) is 18.9 Å². The Morgan fingerprint density at radius 1 is 1.40 bits per heavy atom. The van der Waals surface area contributed by atoms with Gasteiger partial charge in [-0.25, -0.2) is 0 Å². The Balaban J connectivity index is 2.09. The van der Waals surface area contributed by atoms with Gasteiger partial charge in [-0.1, -0.05) is 0 Å². The average Bonchev–Trinajstić information content (AvgIpc) is 3.19. The van der Waals surface area contributed by atoms with Crippen LogP contribution in [0.4, 0.5) is 13.2 Å². The van der Waals surface area contributed by atoms with E-state index in [2.05, 4.69) is 5.32 Å². The third kappa shape index (κ3) is 3.72. The van der Waals surface area contributed by atoms with Crippen LogP contribution in [0.1, 0.15) is 28.8 Å². The lowest BCUT2D eigenvalue weighted by atomic mass is 10.1. The smallest absolute Gasteiger partial charge is 0.419 e. The van der Waals surface area contributed by atoms with Gasteiger partial charge in [-0.15, -0.1) is 0 Å². The Bertz CT molecular complexity index is 524. The first-order valence-electron chi connectivity index (χ1n) is 5.99. The second-order valence-corrected chi connectivity index (χ2v) is 4.50. The van der Waals surface area contributed by atoms with Crippen LogP contribution in [0.15, 0.2) is 18.2 Å². The lowest BCUT2D eigenvalue weighted by Crippen LogP contribution is -2.30. The van der Waals surface area contributed by atoms with Crippen LogP contribution in [0.2, 0.25) is 0 Å². The first-order chi connectivity index (χ1) is 9.40. The zero-order valence-electron chi connectivity index (χ0n) is 10.4. The van der Waals surface area contributed by atoms with Crippen LogP contribution in [-0.2, 0) is 11.0 Å². The fourth-order valence-corrected chi connectivity index (χ4v) is 1.61. The van der Waals surface area contributed by atoms with Gasteiger partial charge in [0.2, 0.25) is 0 Å². The highest BCUT2D eigenvalue weighted by Gasteiger charge is 2.35. The fourth-order valence-electron chi connectivity index (χ4n) is 1.61. The van der Waals surface area contributed by atoms with Gasteiger partial charge in [0, 0.05) is 11.6 Å². The highest BCUT2D eigenvalue weighted by atomic mass is 19.4. The van der Waals surface area contributed by atoms with Crippen LogP contribution >= 0.6 is 0 Å². The molecule has 0 atom stereocenters. The molecule has 1 aliphatic rings. The van der Waals surface area contributed by atoms with Gasteiger partial charge in [0.25, 0.3) is 5.91 Å². The maximum Gasteiger partial charge on any atom is 0.419 e. The predicted octanol–water partition coefficient (Wildman–Crippen LogP) is 2.18. The molecule has 4 nitrogen and oxygen atoms in total. The summed E-state index contributed by atoms with van der Waals surface area (Å²) in [6.07, 6.45) is -2.57. The second-order valence-electron chi connectivity index (χ2n) is 4.50. The lowest BCUT2D eigenvalue weighted by molar-refractivity contribution is -0.139. The van der Waals surface area contributed by atoms with Gasteiger partial charge in [0.1, 0.15) is 12.0 Å². The van der Waals surface area contributed by atoms with Gasteiger partial charge in [0.05, 0.1) is 5.56 Å². The summed E-state index contributed by atoms with van der Waals surface area (Å²) < 4.78 is 43.3. The molecule has 1 aromatic rings. The molecule has 0 saturated heterocycles. The lowest BCUT2D eigenvalue weighted by Gasteiger charge is -2.14. The molecule has 1 aromatic carbocycles. The molecule has 0 aliphatic heterocycles. The average molecular weight is 287 g/mol. The minimum Gasteiger partial charge on any atom is -0.483 e. The Kier molecular flexibility index (Phi) is 3.96. The summed E-state index contributed by atoms with van der Waals surface area (Å²) >= 11 is 0. The van der Waals surface area contributed by atoms with Crippen molar-refractivity contribution in [2.45, 2.75) is 25.1 Å². The number of ether oxygens (including phenoxy) is 1. The molecular formula is C13H12F3NO3. The number of benzene rings is 1. The van der Waals surface area contributed by atoms with E-state index in [-0.39, 0.29) is 11.6 Å². The van der Waals surface area contributed by atoms with E-state index in [0.29, 0.717) is 12.4 Å². The van der Waals surface area contributed by atoms with Crippen molar-refractivity contribution in [3.05, 3.63) is 29.3 Å². The summed E-state index contributed by atoms with van der Waals surface area (Å²) in [5.74, 6) is -0.922. The van der Waals surface area contributed by atoms with Crippen molar-refractivity contribution in [2.75, 3.05) is 6.61 Å². The van der Waals surface area contributed by atoms with E-state index < -0.39 is 30.0 Å². The molecule has 108 valence electrons. The van der Waals surface area contributed by atoms with E-state index >= 15 is 0 Å². The summed E-state index contributed by atoms with van der Waals surface area (Å²) in [7, 11) is 0. The van der Waals surface area contributed by atoms with Crippen LogP contribution in [0.25, 0.3) is 0 Å². The van der Waals surface area contributed by atoms with Crippen molar-refractivity contribution < 1.29 is 27.5 Å². The minimum absolute atomic E-state index is 0.105. The summed E-state index contributed by atoms with van der Waals surface area (Å²) in [6, 6.07) is 3.06. The van der Waals surface area contributed by atoms with Gasteiger partial charge in [-0.2, -0.15) is 13.2 Å². The topological polar surface area (TPSA) is 55.4 Å². The Morgan fingerprint density at radius 3 is 2.65 bits per heavy atom. The van der Waals surface area contributed by atoms with Gasteiger partial charge in [-0.05, 0) is 31.0 Å². The first kappa shape index (κ1) is 14.4. The molecule has 0 unspecified atom stereocenters. The number of amides is 1. The second kappa shape index (κ2) is 5.52. The SMILES string of the molecule is O=Cc1ccc(OCC(=O)NC2CC2)c(C(F)(F)F)c1. The van der Waals surface area contributed by atoms with E-state index in [1.54, 1.807) is 0 Å². The number of hydrogen-bond donors (Lipinski definition) is 1. The maximum atomic E-state index is 12.8. The van der Waals surface area contributed by atoms with Crippen LogP contribution < -0.4 is 10.1 Å². The monoisotopic (exact) mass is 287 g/mol. The number of alkyl halides is 3. The highest BCUT2D eigenvalue weighted by molar-refractivity contribution is 5.78. The molecule has 1 aliphatic carbocycles. The first-order valence-corrected chi connectivity index (χ1v) is 5.99. The number of aldehydes is 1. The molecule has 1 amide bonds. The molecule has 0 heterocycles. The van der Waals surface area contributed by atoms with E-state index in [1.165, 1.54) is 6.07 Å². The largest absolute Gasteiger partial charge is 0.483 e. The predicted molar refractivity (Wildman–Crippen MR) is 63.5 cm³/mol. The standard InChI is InChI=1S/C13H12F3NO3/c14-13(15,16)10-5-8(6-18)1-4-11(10)20-7-12(19)17-9-2-3-9/h1,4-6,9H,2-3,7H2,(H,17,19). The fraction of sp³-hybridized carbons (Fsp3) is 0.385. The zero-order valence-corrected chi connectivity index (χ0v) is 10.4. The Labute approximate surface area is 112 Å². The number of rotatable bonds is 5. The van der Waals surface area contributed by atoms with E-state index in [4.69, 9.17) is 4.74 Å². The Hall–Kier alpha value is -2.05. The molecule has 1 fully saturated rings. The van der Waals surface area contributed by atoms with Crippen molar-refractivity contribution in [1.29, 1.82) is 0 Å².